The normalized spacial score (nSPS) is 12.3. The van der Waals surface area contributed by atoms with Crippen LogP contribution in [-0.2, 0) is 6.54 Å². The molecule has 0 bridgehead atoms. The molecule has 3 rings (SSSR count). The molecule has 2 aromatic heterocycles. The van der Waals surface area contributed by atoms with Gasteiger partial charge in [0.2, 0.25) is 0 Å². The van der Waals surface area contributed by atoms with E-state index in [1.807, 2.05) is 19.2 Å². The molecule has 0 aliphatic rings. The fourth-order valence-electron chi connectivity index (χ4n) is 2.57. The number of aromatic nitrogens is 3. The fourth-order valence-corrected chi connectivity index (χ4v) is 2.57. The van der Waals surface area contributed by atoms with Crippen LogP contribution in [0.5, 0.6) is 0 Å². The van der Waals surface area contributed by atoms with Crippen molar-refractivity contribution in [2.45, 2.75) is 12.6 Å². The maximum Gasteiger partial charge on any atom is 0.149 e. The van der Waals surface area contributed by atoms with Crippen LogP contribution in [0.2, 0.25) is 0 Å². The molecule has 1 unspecified atom stereocenters. The standard InChI is InChI=1S/C18H17FN4/c1-23(13-14-7-11-20-12-8-14)17(18-21-9-2-10-22-18)15-3-5-16(19)6-4-15/h2-12,17H,13H2,1H3. The zero-order valence-electron chi connectivity index (χ0n) is 12.8. The first-order valence-electron chi connectivity index (χ1n) is 7.35. The van der Waals surface area contributed by atoms with E-state index in [0.29, 0.717) is 12.4 Å². The van der Waals surface area contributed by atoms with Gasteiger partial charge in [0.15, 0.2) is 0 Å². The van der Waals surface area contributed by atoms with Gasteiger partial charge in [0, 0.05) is 31.3 Å². The number of nitrogens with zero attached hydrogens (tertiary/aromatic N) is 4. The second kappa shape index (κ2) is 7.07. The number of benzene rings is 1. The molecule has 0 aliphatic carbocycles. The van der Waals surface area contributed by atoms with Crippen molar-refractivity contribution in [3.8, 4) is 0 Å². The van der Waals surface area contributed by atoms with E-state index in [1.54, 1.807) is 43.0 Å². The van der Waals surface area contributed by atoms with Gasteiger partial charge in [0.25, 0.3) is 0 Å². The van der Waals surface area contributed by atoms with Crippen molar-refractivity contribution in [3.05, 3.63) is 90.0 Å². The summed E-state index contributed by atoms with van der Waals surface area (Å²) < 4.78 is 13.2. The van der Waals surface area contributed by atoms with Crippen LogP contribution >= 0.6 is 0 Å². The second-order valence-electron chi connectivity index (χ2n) is 5.33. The van der Waals surface area contributed by atoms with E-state index in [-0.39, 0.29) is 11.9 Å². The first-order valence-corrected chi connectivity index (χ1v) is 7.35. The Hall–Kier alpha value is -2.66. The van der Waals surface area contributed by atoms with Crippen LogP contribution in [0.15, 0.2) is 67.3 Å². The Morgan fingerprint density at radius 1 is 0.957 bits per heavy atom. The molecule has 1 atom stereocenters. The third-order valence-corrected chi connectivity index (χ3v) is 3.64. The molecule has 0 N–H and O–H groups in total. The van der Waals surface area contributed by atoms with Gasteiger partial charge in [-0.05, 0) is 48.5 Å². The van der Waals surface area contributed by atoms with Crippen LogP contribution in [-0.4, -0.2) is 26.9 Å². The first-order chi connectivity index (χ1) is 11.2. The zero-order valence-corrected chi connectivity index (χ0v) is 12.8. The van der Waals surface area contributed by atoms with Gasteiger partial charge in [-0.25, -0.2) is 14.4 Å². The molecular formula is C18H17FN4. The molecule has 0 saturated heterocycles. The molecule has 0 radical (unpaired) electrons. The molecule has 0 amide bonds. The van der Waals surface area contributed by atoms with Crippen molar-refractivity contribution in [1.29, 1.82) is 0 Å². The Morgan fingerprint density at radius 3 is 2.26 bits per heavy atom. The highest BCUT2D eigenvalue weighted by Crippen LogP contribution is 2.26. The van der Waals surface area contributed by atoms with Crippen molar-refractivity contribution in [2.75, 3.05) is 7.05 Å². The van der Waals surface area contributed by atoms with Crippen molar-refractivity contribution >= 4 is 0 Å². The highest BCUT2D eigenvalue weighted by Gasteiger charge is 2.22. The van der Waals surface area contributed by atoms with Gasteiger partial charge >= 0.3 is 0 Å². The minimum Gasteiger partial charge on any atom is -0.289 e. The molecule has 23 heavy (non-hydrogen) atoms. The van der Waals surface area contributed by atoms with Gasteiger partial charge in [-0.3, -0.25) is 9.88 Å². The van der Waals surface area contributed by atoms with E-state index in [9.17, 15) is 4.39 Å². The van der Waals surface area contributed by atoms with Crippen LogP contribution in [0.25, 0.3) is 0 Å². The molecule has 0 fully saturated rings. The summed E-state index contributed by atoms with van der Waals surface area (Å²) in [7, 11) is 2.00. The van der Waals surface area contributed by atoms with E-state index in [4.69, 9.17) is 0 Å². The predicted molar refractivity (Wildman–Crippen MR) is 86.0 cm³/mol. The van der Waals surface area contributed by atoms with Crippen molar-refractivity contribution in [3.63, 3.8) is 0 Å². The van der Waals surface area contributed by atoms with E-state index >= 15 is 0 Å². The van der Waals surface area contributed by atoms with Crippen LogP contribution in [0.3, 0.4) is 0 Å². The molecule has 3 aromatic rings. The third-order valence-electron chi connectivity index (χ3n) is 3.64. The van der Waals surface area contributed by atoms with Crippen molar-refractivity contribution in [2.24, 2.45) is 0 Å². The average molecular weight is 308 g/mol. The lowest BCUT2D eigenvalue weighted by atomic mass is 10.0. The molecule has 0 aliphatic heterocycles. The molecule has 0 spiro atoms. The molecule has 0 saturated carbocycles. The summed E-state index contributed by atoms with van der Waals surface area (Å²) in [5.74, 6) is 0.439. The Kier molecular flexibility index (Phi) is 4.68. The molecule has 116 valence electrons. The van der Waals surface area contributed by atoms with Gasteiger partial charge in [0.1, 0.15) is 11.6 Å². The highest BCUT2D eigenvalue weighted by atomic mass is 19.1. The van der Waals surface area contributed by atoms with E-state index < -0.39 is 0 Å². The number of halogens is 1. The summed E-state index contributed by atoms with van der Waals surface area (Å²) >= 11 is 0. The lowest BCUT2D eigenvalue weighted by Gasteiger charge is -2.27. The smallest absolute Gasteiger partial charge is 0.149 e. The lowest BCUT2D eigenvalue weighted by Crippen LogP contribution is -2.26. The Bertz CT molecular complexity index is 732. The van der Waals surface area contributed by atoms with Gasteiger partial charge in [0.05, 0.1) is 6.04 Å². The lowest BCUT2D eigenvalue weighted by molar-refractivity contribution is 0.261. The monoisotopic (exact) mass is 308 g/mol. The molecular weight excluding hydrogens is 291 g/mol. The van der Waals surface area contributed by atoms with Gasteiger partial charge in [-0.1, -0.05) is 12.1 Å². The molecule has 2 heterocycles. The molecule has 1 aromatic carbocycles. The van der Waals surface area contributed by atoms with Crippen LogP contribution < -0.4 is 0 Å². The van der Waals surface area contributed by atoms with Crippen LogP contribution in [0.1, 0.15) is 23.0 Å². The average Bonchev–Trinajstić information content (AvgIpc) is 2.59. The van der Waals surface area contributed by atoms with Gasteiger partial charge < -0.3 is 0 Å². The Labute approximate surface area is 134 Å². The largest absolute Gasteiger partial charge is 0.289 e. The molecule has 4 nitrogen and oxygen atoms in total. The van der Waals surface area contributed by atoms with E-state index in [2.05, 4.69) is 19.9 Å². The summed E-state index contributed by atoms with van der Waals surface area (Å²) in [4.78, 5) is 14.9. The maximum atomic E-state index is 13.2. The summed E-state index contributed by atoms with van der Waals surface area (Å²) in [6.07, 6.45) is 6.99. The number of rotatable bonds is 5. The zero-order chi connectivity index (χ0) is 16.1. The topological polar surface area (TPSA) is 41.9 Å². The van der Waals surface area contributed by atoms with Gasteiger partial charge in [-0.15, -0.1) is 0 Å². The first kappa shape index (κ1) is 15.2. The number of hydrogen-bond acceptors (Lipinski definition) is 4. The summed E-state index contributed by atoms with van der Waals surface area (Å²) in [6.45, 7) is 0.711. The number of hydrogen-bond donors (Lipinski definition) is 0. The minimum atomic E-state index is -0.252. The summed E-state index contributed by atoms with van der Waals surface area (Å²) in [5.41, 5.74) is 2.10. The van der Waals surface area contributed by atoms with Crippen molar-refractivity contribution < 1.29 is 4.39 Å². The summed E-state index contributed by atoms with van der Waals surface area (Å²) in [6, 6.07) is 12.1. The maximum absolute atomic E-state index is 13.2. The third kappa shape index (κ3) is 3.76. The predicted octanol–water partition coefficient (Wildman–Crippen LogP) is 3.23. The van der Waals surface area contributed by atoms with E-state index in [1.165, 1.54) is 12.1 Å². The van der Waals surface area contributed by atoms with Crippen molar-refractivity contribution in [1.82, 2.24) is 19.9 Å². The fraction of sp³-hybridized carbons (Fsp3) is 0.167. The molecule has 5 heteroatoms. The summed E-state index contributed by atoms with van der Waals surface area (Å²) in [5, 5.41) is 0. The minimum absolute atomic E-state index is 0.148. The van der Waals surface area contributed by atoms with Crippen LogP contribution in [0, 0.1) is 5.82 Å². The Balaban J connectivity index is 1.93. The van der Waals surface area contributed by atoms with Gasteiger partial charge in [-0.2, -0.15) is 0 Å². The van der Waals surface area contributed by atoms with Crippen LogP contribution in [0.4, 0.5) is 4.39 Å². The SMILES string of the molecule is CN(Cc1ccncc1)C(c1ccc(F)cc1)c1ncccn1. The Morgan fingerprint density at radius 2 is 1.61 bits per heavy atom. The van der Waals surface area contributed by atoms with E-state index in [0.717, 1.165) is 11.1 Å². The second-order valence-corrected chi connectivity index (χ2v) is 5.33. The quantitative estimate of drug-likeness (QED) is 0.726. The highest BCUT2D eigenvalue weighted by molar-refractivity contribution is 5.26. The number of pyridine rings is 1.